The molecule has 39 heavy (non-hydrogen) atoms. The molecule has 0 amide bonds. The molecule has 3 aromatic heterocycles. The van der Waals surface area contributed by atoms with Crippen molar-refractivity contribution < 1.29 is 13.2 Å². The molecule has 0 bridgehead atoms. The van der Waals surface area contributed by atoms with Crippen molar-refractivity contribution >= 4 is 40.4 Å². The van der Waals surface area contributed by atoms with Crippen LogP contribution in [0.15, 0.2) is 103 Å². The molecule has 0 unspecified atom stereocenters. The Morgan fingerprint density at radius 2 is 1.44 bits per heavy atom. The molecule has 0 saturated heterocycles. The number of nitrogens with zero attached hydrogens (tertiary/aromatic N) is 3. The van der Waals surface area contributed by atoms with Gasteiger partial charge >= 0.3 is 6.18 Å². The monoisotopic (exact) mass is 537 g/mol. The van der Waals surface area contributed by atoms with Crippen LogP contribution in [0.25, 0.3) is 38.8 Å². The number of benzene rings is 3. The zero-order chi connectivity index (χ0) is 27.4. The summed E-state index contributed by atoms with van der Waals surface area (Å²) in [5, 5.41) is 3.82. The van der Waals surface area contributed by atoms with Gasteiger partial charge in [-0.05, 0) is 60.0 Å². The predicted molar refractivity (Wildman–Crippen MR) is 155 cm³/mol. The number of aromatic nitrogens is 3. The van der Waals surface area contributed by atoms with Gasteiger partial charge in [0.25, 0.3) is 0 Å². The molecule has 6 aromatic rings. The fraction of sp³-hybridized carbons (Fsp3) is 0.125. The lowest BCUT2D eigenvalue weighted by Gasteiger charge is -2.24. The van der Waals surface area contributed by atoms with Gasteiger partial charge in [0.1, 0.15) is 13.9 Å². The van der Waals surface area contributed by atoms with E-state index in [4.69, 9.17) is 0 Å². The Bertz CT molecular complexity index is 1850. The highest BCUT2D eigenvalue weighted by Gasteiger charge is 2.34. The first-order valence-electron chi connectivity index (χ1n) is 12.7. The smallest absolute Gasteiger partial charge is 0.294 e. The Balaban J connectivity index is 1.49. The number of hydrogen-bond donors (Lipinski definition) is 0. The molecule has 0 radical (unpaired) electrons. The van der Waals surface area contributed by atoms with E-state index < -0.39 is 19.8 Å². The number of para-hydroxylation sites is 1. The lowest BCUT2D eigenvalue weighted by molar-refractivity contribution is -0.137. The van der Waals surface area contributed by atoms with Crippen molar-refractivity contribution in [2.75, 3.05) is 0 Å². The van der Waals surface area contributed by atoms with Crippen LogP contribution in [0, 0.1) is 6.92 Å². The zero-order valence-electron chi connectivity index (χ0n) is 21.8. The van der Waals surface area contributed by atoms with Crippen LogP contribution in [-0.2, 0) is 6.18 Å². The first-order valence-corrected chi connectivity index (χ1v) is 15.7. The van der Waals surface area contributed by atoms with Crippen LogP contribution in [0.4, 0.5) is 13.2 Å². The largest absolute Gasteiger partial charge is 0.416 e. The predicted octanol–water partition coefficient (Wildman–Crippen LogP) is 7.39. The summed E-state index contributed by atoms with van der Waals surface area (Å²) in [6, 6.07) is 29.2. The molecule has 0 atom stereocenters. The Hall–Kier alpha value is -4.23. The summed E-state index contributed by atoms with van der Waals surface area (Å²) < 4.78 is 42.4. The number of hydrogen-bond acceptors (Lipinski definition) is 2. The van der Waals surface area contributed by atoms with Crippen molar-refractivity contribution in [3.63, 3.8) is 0 Å². The van der Waals surface area contributed by atoms with Crippen molar-refractivity contribution in [2.24, 2.45) is 0 Å². The third-order valence-corrected chi connectivity index (χ3v) is 10.8. The van der Waals surface area contributed by atoms with Gasteiger partial charge in [-0.15, -0.1) is 0 Å². The topological polar surface area (TPSA) is 30.7 Å². The third kappa shape index (κ3) is 4.42. The highest BCUT2D eigenvalue weighted by Crippen LogP contribution is 2.34. The maximum atomic E-state index is 13.4. The van der Waals surface area contributed by atoms with Crippen molar-refractivity contribution in [3.8, 4) is 16.9 Å². The summed E-state index contributed by atoms with van der Waals surface area (Å²) in [7, 11) is -2.51. The van der Waals surface area contributed by atoms with Gasteiger partial charge in [-0.1, -0.05) is 72.9 Å². The van der Waals surface area contributed by atoms with Crippen molar-refractivity contribution in [1.29, 1.82) is 0 Å². The van der Waals surface area contributed by atoms with Gasteiger partial charge in [0.2, 0.25) is 0 Å². The number of alkyl halides is 3. The van der Waals surface area contributed by atoms with Crippen molar-refractivity contribution in [3.05, 3.63) is 115 Å². The SMILES string of the molecule is Cc1ccnc(-n2c3ccccc3c3ccc(-c4cccc([Si](C)(C)c5cc(C(F)(F)F)ccn5)c4)cc32)c1. The average molecular weight is 538 g/mol. The van der Waals surface area contributed by atoms with Gasteiger partial charge in [0.05, 0.1) is 16.6 Å². The molecular formula is C32H26F3N3Si. The molecule has 194 valence electrons. The minimum Gasteiger partial charge on any atom is -0.294 e. The van der Waals surface area contributed by atoms with Crippen LogP contribution in [0.2, 0.25) is 13.1 Å². The molecule has 0 aliphatic carbocycles. The molecule has 3 aromatic carbocycles. The maximum absolute atomic E-state index is 13.4. The van der Waals surface area contributed by atoms with Gasteiger partial charge in [-0.3, -0.25) is 9.55 Å². The Kier molecular flexibility index (Phi) is 5.91. The number of fused-ring (bicyclic) bond motifs is 3. The number of halogens is 3. The zero-order valence-corrected chi connectivity index (χ0v) is 22.8. The van der Waals surface area contributed by atoms with E-state index in [9.17, 15) is 13.2 Å². The Morgan fingerprint density at radius 1 is 0.692 bits per heavy atom. The van der Waals surface area contributed by atoms with E-state index in [1.54, 1.807) is 0 Å². The second-order valence-corrected chi connectivity index (χ2v) is 14.7. The van der Waals surface area contributed by atoms with E-state index in [1.165, 1.54) is 12.3 Å². The van der Waals surface area contributed by atoms with Gasteiger partial charge in [-0.2, -0.15) is 13.2 Å². The lowest BCUT2D eigenvalue weighted by Crippen LogP contribution is -2.54. The van der Waals surface area contributed by atoms with E-state index in [-0.39, 0.29) is 0 Å². The average Bonchev–Trinajstić information content (AvgIpc) is 3.26. The Labute approximate surface area is 225 Å². The summed E-state index contributed by atoms with van der Waals surface area (Å²) in [4.78, 5) is 9.04. The molecule has 0 N–H and O–H groups in total. The van der Waals surface area contributed by atoms with E-state index >= 15 is 0 Å². The van der Waals surface area contributed by atoms with Gasteiger partial charge in [-0.25, -0.2) is 4.98 Å². The first-order chi connectivity index (χ1) is 18.6. The number of aryl methyl sites for hydroxylation is 1. The van der Waals surface area contributed by atoms with Crippen LogP contribution in [-0.4, -0.2) is 22.6 Å². The second-order valence-electron chi connectivity index (χ2n) is 10.4. The normalized spacial score (nSPS) is 12.4. The van der Waals surface area contributed by atoms with Gasteiger partial charge in [0.15, 0.2) is 0 Å². The summed E-state index contributed by atoms with van der Waals surface area (Å²) in [6.07, 6.45) is -1.31. The number of pyridine rings is 2. The van der Waals surface area contributed by atoms with Crippen LogP contribution in [0.1, 0.15) is 11.1 Å². The van der Waals surface area contributed by atoms with Gasteiger partial charge in [0, 0.05) is 28.5 Å². The summed E-state index contributed by atoms with van der Waals surface area (Å²) in [6.45, 7) is 6.14. The van der Waals surface area contributed by atoms with E-state index in [2.05, 4.69) is 63.9 Å². The third-order valence-electron chi connectivity index (χ3n) is 7.45. The Morgan fingerprint density at radius 3 is 2.23 bits per heavy atom. The number of rotatable bonds is 4. The first kappa shape index (κ1) is 25.1. The van der Waals surface area contributed by atoms with Crippen LogP contribution >= 0.6 is 0 Å². The van der Waals surface area contributed by atoms with Crippen LogP contribution in [0.3, 0.4) is 0 Å². The minimum atomic E-state index is -4.40. The highest BCUT2D eigenvalue weighted by atomic mass is 28.3. The molecule has 0 spiro atoms. The molecule has 0 saturated carbocycles. The quantitative estimate of drug-likeness (QED) is 0.220. The van der Waals surface area contributed by atoms with Crippen molar-refractivity contribution in [2.45, 2.75) is 26.2 Å². The summed E-state index contributed by atoms with van der Waals surface area (Å²) >= 11 is 0. The summed E-state index contributed by atoms with van der Waals surface area (Å²) in [5.41, 5.74) is 4.64. The standard InChI is InChI=1S/C32H26F3N3Si/c1-21-13-15-36-30(17-21)38-28-10-5-4-9-26(28)27-12-11-23(19-29(27)38)22-7-6-8-25(18-22)39(2,3)31-20-24(14-16-37-31)32(33,34)35/h4-20H,1-3H3. The van der Waals surface area contributed by atoms with Crippen LogP contribution in [0.5, 0.6) is 0 Å². The molecule has 6 rings (SSSR count). The molecule has 7 heteroatoms. The van der Waals surface area contributed by atoms with E-state index in [1.807, 2.05) is 55.7 Å². The van der Waals surface area contributed by atoms with E-state index in [0.29, 0.717) is 5.32 Å². The fourth-order valence-electron chi connectivity index (χ4n) is 5.22. The van der Waals surface area contributed by atoms with E-state index in [0.717, 1.165) is 55.6 Å². The fourth-order valence-corrected chi connectivity index (χ4v) is 7.46. The van der Waals surface area contributed by atoms with Crippen LogP contribution < -0.4 is 10.5 Å². The lowest BCUT2D eigenvalue weighted by atomic mass is 10.0. The molecule has 0 aliphatic heterocycles. The highest BCUT2D eigenvalue weighted by molar-refractivity contribution is 7.00. The minimum absolute atomic E-state index is 0.510. The second kappa shape index (κ2) is 9.20. The molecule has 0 fully saturated rings. The van der Waals surface area contributed by atoms with Gasteiger partial charge < -0.3 is 0 Å². The molecule has 3 heterocycles. The molecule has 3 nitrogen and oxygen atoms in total. The van der Waals surface area contributed by atoms with Crippen molar-refractivity contribution in [1.82, 2.24) is 14.5 Å². The molecular weight excluding hydrogens is 511 g/mol. The maximum Gasteiger partial charge on any atom is 0.416 e. The summed E-state index contributed by atoms with van der Waals surface area (Å²) in [5.74, 6) is 0.858. The molecule has 0 aliphatic rings.